The second kappa shape index (κ2) is 4.31. The van der Waals surface area contributed by atoms with Gasteiger partial charge in [0.25, 0.3) is 11.1 Å². The number of fused-ring (bicyclic) bond motifs is 1. The summed E-state index contributed by atoms with van der Waals surface area (Å²) in [6.07, 6.45) is 0. The Morgan fingerprint density at radius 1 is 1.21 bits per heavy atom. The van der Waals surface area contributed by atoms with E-state index in [1.165, 1.54) is 16.4 Å². The Morgan fingerprint density at radius 2 is 1.79 bits per heavy atom. The van der Waals surface area contributed by atoms with Crippen LogP contribution in [0.2, 0.25) is 5.02 Å². The summed E-state index contributed by atoms with van der Waals surface area (Å²) in [5, 5.41) is 18.6. The number of hydrogen-bond acceptors (Lipinski definition) is 4. The summed E-state index contributed by atoms with van der Waals surface area (Å²) in [5.74, 6) is -1.13. The molecule has 0 bridgehead atoms. The fourth-order valence-electron chi connectivity index (χ4n) is 2.11. The van der Waals surface area contributed by atoms with E-state index in [0.29, 0.717) is 0 Å². The van der Waals surface area contributed by atoms with E-state index >= 15 is 0 Å². The maximum absolute atomic E-state index is 12.4. The molecule has 6 nitrogen and oxygen atoms in total. The summed E-state index contributed by atoms with van der Waals surface area (Å²) in [6.45, 7) is 3.50. The largest absolute Gasteiger partial charge is 0.504 e. The average molecular weight is 285 g/mol. The summed E-state index contributed by atoms with van der Waals surface area (Å²) in [7, 11) is 1.46. The molecule has 0 unspecified atom stereocenters. The molecular weight excluding hydrogens is 272 g/mol. The molecule has 0 saturated carbocycles. The monoisotopic (exact) mass is 284 g/mol. The van der Waals surface area contributed by atoms with Gasteiger partial charge >= 0.3 is 0 Å². The quantitative estimate of drug-likeness (QED) is 0.774. The summed E-state index contributed by atoms with van der Waals surface area (Å²) in [5.41, 5.74) is -0.965. The van der Waals surface area contributed by atoms with E-state index in [4.69, 9.17) is 11.6 Å². The molecule has 0 radical (unpaired) electrons. The van der Waals surface area contributed by atoms with Gasteiger partial charge in [-0.15, -0.1) is 0 Å². The molecule has 102 valence electrons. The number of aromatic hydroxyl groups is 2. The topological polar surface area (TPSA) is 84.5 Å². The first-order valence-corrected chi connectivity index (χ1v) is 6.01. The highest BCUT2D eigenvalue weighted by Crippen LogP contribution is 2.36. The van der Waals surface area contributed by atoms with Gasteiger partial charge in [-0.05, 0) is 19.9 Å². The van der Waals surface area contributed by atoms with Crippen LogP contribution in [0.4, 0.5) is 0 Å². The van der Waals surface area contributed by atoms with Gasteiger partial charge in [-0.25, -0.2) is 9.36 Å². The number of phenols is 2. The summed E-state index contributed by atoms with van der Waals surface area (Å²) < 4.78 is 2.41. The van der Waals surface area contributed by atoms with Crippen LogP contribution in [-0.4, -0.2) is 19.6 Å². The van der Waals surface area contributed by atoms with Crippen LogP contribution >= 0.6 is 11.6 Å². The lowest BCUT2D eigenvalue weighted by Gasteiger charge is -2.17. The standard InChI is InChI=1S/C12H13ClN2O4/c1-5(2)15-12(19)8-6(11(18)14(15)3)4-7(16)10(17)9(8)13/h4-5,16-17H,1-3H3. The van der Waals surface area contributed by atoms with Crippen LogP contribution in [0, 0.1) is 0 Å². The van der Waals surface area contributed by atoms with Crippen molar-refractivity contribution < 1.29 is 10.2 Å². The van der Waals surface area contributed by atoms with E-state index in [1.54, 1.807) is 13.8 Å². The van der Waals surface area contributed by atoms with Crippen molar-refractivity contribution in [3.63, 3.8) is 0 Å². The van der Waals surface area contributed by atoms with E-state index in [0.717, 1.165) is 6.07 Å². The van der Waals surface area contributed by atoms with Crippen LogP contribution < -0.4 is 11.1 Å². The van der Waals surface area contributed by atoms with E-state index in [-0.39, 0.29) is 21.8 Å². The second-order valence-electron chi connectivity index (χ2n) is 4.55. The van der Waals surface area contributed by atoms with Crippen molar-refractivity contribution in [3.8, 4) is 11.5 Å². The molecule has 0 spiro atoms. The van der Waals surface area contributed by atoms with Crippen LogP contribution in [0.15, 0.2) is 15.7 Å². The molecule has 0 amide bonds. The first-order chi connectivity index (χ1) is 8.77. The molecule has 2 rings (SSSR count). The minimum atomic E-state index is -0.602. The Bertz CT molecular complexity index is 789. The molecule has 0 aliphatic heterocycles. The van der Waals surface area contributed by atoms with Crippen molar-refractivity contribution in [2.45, 2.75) is 19.9 Å². The molecule has 0 atom stereocenters. The minimum absolute atomic E-state index is 0.0234. The number of aromatic nitrogens is 2. The predicted molar refractivity (Wildman–Crippen MR) is 72.2 cm³/mol. The molecule has 7 heteroatoms. The summed E-state index contributed by atoms with van der Waals surface area (Å²) in [4.78, 5) is 24.5. The zero-order valence-electron chi connectivity index (χ0n) is 10.6. The molecular formula is C12H13ClN2O4. The van der Waals surface area contributed by atoms with Crippen molar-refractivity contribution in [1.82, 2.24) is 9.36 Å². The first kappa shape index (κ1) is 13.5. The lowest BCUT2D eigenvalue weighted by atomic mass is 10.1. The lowest BCUT2D eigenvalue weighted by molar-refractivity contribution is 0.402. The Hall–Kier alpha value is -1.95. The summed E-state index contributed by atoms with van der Waals surface area (Å²) >= 11 is 5.87. The number of benzene rings is 1. The highest BCUT2D eigenvalue weighted by Gasteiger charge is 2.19. The SMILES string of the molecule is CC(C)n1c(=O)c2c(Cl)c(O)c(O)cc2c(=O)n1C. The van der Waals surface area contributed by atoms with Gasteiger partial charge in [0.2, 0.25) is 0 Å². The molecule has 2 aromatic rings. The molecule has 0 aliphatic carbocycles. The molecule has 2 N–H and O–H groups in total. The number of halogens is 1. The van der Waals surface area contributed by atoms with Crippen LogP contribution in [0.5, 0.6) is 11.5 Å². The number of phenolic OH excluding ortho intramolecular Hbond substituents is 2. The lowest BCUT2D eigenvalue weighted by Crippen LogP contribution is -2.38. The zero-order chi connectivity index (χ0) is 14.5. The van der Waals surface area contributed by atoms with Crippen LogP contribution in [0.3, 0.4) is 0 Å². The van der Waals surface area contributed by atoms with E-state index in [2.05, 4.69) is 0 Å². The third-order valence-corrected chi connectivity index (χ3v) is 3.35. The van der Waals surface area contributed by atoms with Gasteiger partial charge in [0.1, 0.15) is 0 Å². The molecule has 0 saturated heterocycles. The molecule has 1 heterocycles. The maximum atomic E-state index is 12.4. The van der Waals surface area contributed by atoms with Crippen molar-refractivity contribution >= 4 is 22.4 Å². The van der Waals surface area contributed by atoms with E-state index in [9.17, 15) is 19.8 Å². The van der Waals surface area contributed by atoms with Gasteiger partial charge in [0.15, 0.2) is 11.5 Å². The maximum Gasteiger partial charge on any atom is 0.275 e. The Kier molecular flexibility index (Phi) is 3.06. The molecule has 0 fully saturated rings. The fourth-order valence-corrected chi connectivity index (χ4v) is 2.39. The van der Waals surface area contributed by atoms with Gasteiger partial charge in [0.05, 0.1) is 15.8 Å². The van der Waals surface area contributed by atoms with Crippen molar-refractivity contribution in [2.24, 2.45) is 7.05 Å². The molecule has 1 aromatic carbocycles. The van der Waals surface area contributed by atoms with Gasteiger partial charge in [-0.3, -0.25) is 9.59 Å². The predicted octanol–water partition coefficient (Wildman–Crippen LogP) is 1.35. The Morgan fingerprint density at radius 3 is 2.32 bits per heavy atom. The van der Waals surface area contributed by atoms with Crippen molar-refractivity contribution in [1.29, 1.82) is 0 Å². The zero-order valence-corrected chi connectivity index (χ0v) is 11.4. The van der Waals surface area contributed by atoms with Gasteiger partial charge < -0.3 is 10.2 Å². The first-order valence-electron chi connectivity index (χ1n) is 5.63. The van der Waals surface area contributed by atoms with Crippen LogP contribution in [0.25, 0.3) is 10.8 Å². The van der Waals surface area contributed by atoms with Gasteiger partial charge in [0, 0.05) is 13.1 Å². The third kappa shape index (κ3) is 1.79. The highest BCUT2D eigenvalue weighted by molar-refractivity contribution is 6.37. The van der Waals surface area contributed by atoms with Crippen molar-refractivity contribution in [2.75, 3.05) is 0 Å². The van der Waals surface area contributed by atoms with E-state index < -0.39 is 22.6 Å². The van der Waals surface area contributed by atoms with Crippen molar-refractivity contribution in [3.05, 3.63) is 31.8 Å². The molecule has 1 aromatic heterocycles. The van der Waals surface area contributed by atoms with Gasteiger partial charge in [-0.1, -0.05) is 11.6 Å². The van der Waals surface area contributed by atoms with Crippen LogP contribution in [-0.2, 0) is 7.05 Å². The van der Waals surface area contributed by atoms with Crippen LogP contribution in [0.1, 0.15) is 19.9 Å². The Labute approximate surface area is 113 Å². The number of nitrogens with zero attached hydrogens (tertiary/aromatic N) is 2. The summed E-state index contributed by atoms with van der Waals surface area (Å²) in [6, 6.07) is 0.798. The number of rotatable bonds is 1. The third-order valence-electron chi connectivity index (χ3n) is 2.98. The normalized spacial score (nSPS) is 11.4. The molecule has 0 aliphatic rings. The smallest absolute Gasteiger partial charge is 0.275 e. The van der Waals surface area contributed by atoms with Gasteiger partial charge in [-0.2, -0.15) is 0 Å². The average Bonchev–Trinajstić information content (AvgIpc) is 2.32. The minimum Gasteiger partial charge on any atom is -0.504 e. The number of hydrogen-bond donors (Lipinski definition) is 2. The molecule has 19 heavy (non-hydrogen) atoms. The van der Waals surface area contributed by atoms with E-state index in [1.807, 2.05) is 0 Å². The Balaban J connectivity index is 3.18. The fraction of sp³-hybridized carbons (Fsp3) is 0.333. The second-order valence-corrected chi connectivity index (χ2v) is 4.93. The highest BCUT2D eigenvalue weighted by atomic mass is 35.5.